The highest BCUT2D eigenvalue weighted by atomic mass is 16.5. The number of nitrogens with zero attached hydrogens (tertiary/aromatic N) is 2. The zero-order valence-corrected chi connectivity index (χ0v) is 16.6. The molecule has 1 aromatic heterocycles. The first-order chi connectivity index (χ1) is 13.9. The van der Waals surface area contributed by atoms with Crippen LogP contribution in [0.15, 0.2) is 36.5 Å². The van der Waals surface area contributed by atoms with Crippen LogP contribution < -0.4 is 15.0 Å². The van der Waals surface area contributed by atoms with E-state index in [1.54, 1.807) is 25.0 Å². The predicted octanol–water partition coefficient (Wildman–Crippen LogP) is 2.57. The van der Waals surface area contributed by atoms with E-state index in [2.05, 4.69) is 10.3 Å². The first kappa shape index (κ1) is 20.3. The Balaban J connectivity index is 1.72. The quantitative estimate of drug-likeness (QED) is 0.753. The van der Waals surface area contributed by atoms with Crippen molar-refractivity contribution in [3.05, 3.63) is 47.7 Å². The molecule has 2 heterocycles. The number of rotatable bonds is 6. The van der Waals surface area contributed by atoms with Gasteiger partial charge in [0.15, 0.2) is 0 Å². The van der Waals surface area contributed by atoms with E-state index in [-0.39, 0.29) is 37.2 Å². The molecule has 0 bridgehead atoms. The fraction of sp³-hybridized carbons (Fsp3) is 0.333. The van der Waals surface area contributed by atoms with Crippen LogP contribution >= 0.6 is 0 Å². The van der Waals surface area contributed by atoms with Gasteiger partial charge >= 0.3 is 5.97 Å². The normalized spacial score (nSPS) is 15.9. The largest absolute Gasteiger partial charge is 0.495 e. The lowest BCUT2D eigenvalue weighted by Crippen LogP contribution is -2.28. The molecule has 0 aliphatic carbocycles. The van der Waals surface area contributed by atoms with Gasteiger partial charge in [0.05, 0.1) is 30.9 Å². The molecule has 1 unspecified atom stereocenters. The molecule has 8 heteroatoms. The molecule has 2 amide bonds. The molecule has 1 fully saturated rings. The maximum Gasteiger partial charge on any atom is 0.338 e. The second kappa shape index (κ2) is 8.72. The van der Waals surface area contributed by atoms with Crippen molar-refractivity contribution in [1.29, 1.82) is 0 Å². The first-order valence-electron chi connectivity index (χ1n) is 9.32. The molecule has 0 radical (unpaired) electrons. The highest BCUT2D eigenvalue weighted by molar-refractivity contribution is 6.04. The Hall–Kier alpha value is -3.42. The van der Waals surface area contributed by atoms with E-state index in [4.69, 9.17) is 9.47 Å². The van der Waals surface area contributed by atoms with Gasteiger partial charge in [-0.3, -0.25) is 9.59 Å². The van der Waals surface area contributed by atoms with Crippen LogP contribution in [0, 0.1) is 12.8 Å². The van der Waals surface area contributed by atoms with Crippen molar-refractivity contribution < 1.29 is 23.9 Å². The van der Waals surface area contributed by atoms with E-state index in [1.807, 2.05) is 19.1 Å². The van der Waals surface area contributed by atoms with Crippen molar-refractivity contribution in [2.45, 2.75) is 20.3 Å². The molecule has 1 aliphatic heterocycles. The van der Waals surface area contributed by atoms with Gasteiger partial charge in [-0.1, -0.05) is 6.07 Å². The number of pyridine rings is 1. The molecule has 1 saturated heterocycles. The molecular formula is C21H23N3O5. The minimum absolute atomic E-state index is 0.0838. The topological polar surface area (TPSA) is 97.8 Å². The maximum atomic E-state index is 12.7. The molecule has 1 aliphatic rings. The van der Waals surface area contributed by atoms with Gasteiger partial charge in [0.25, 0.3) is 0 Å². The van der Waals surface area contributed by atoms with Crippen LogP contribution in [-0.4, -0.2) is 43.0 Å². The number of hydrogen-bond acceptors (Lipinski definition) is 6. The number of hydrogen-bond donors (Lipinski definition) is 1. The Morgan fingerprint density at radius 3 is 2.79 bits per heavy atom. The van der Waals surface area contributed by atoms with Crippen LogP contribution in [0.5, 0.6) is 5.75 Å². The van der Waals surface area contributed by atoms with Gasteiger partial charge in [0.2, 0.25) is 11.8 Å². The number of esters is 1. The van der Waals surface area contributed by atoms with Crippen molar-refractivity contribution in [1.82, 2.24) is 4.98 Å². The minimum atomic E-state index is -0.541. The smallest absolute Gasteiger partial charge is 0.338 e. The van der Waals surface area contributed by atoms with Crippen LogP contribution in [0.3, 0.4) is 0 Å². The molecule has 8 nitrogen and oxygen atoms in total. The molecule has 152 valence electrons. The Morgan fingerprint density at radius 1 is 1.28 bits per heavy atom. The number of ether oxygens (including phenoxy) is 2. The third-order valence-electron chi connectivity index (χ3n) is 4.64. The monoisotopic (exact) mass is 397 g/mol. The highest BCUT2D eigenvalue weighted by Crippen LogP contribution is 2.34. The summed E-state index contributed by atoms with van der Waals surface area (Å²) in [5, 5.41) is 2.69. The molecule has 1 atom stereocenters. The van der Waals surface area contributed by atoms with Crippen molar-refractivity contribution in [2.75, 3.05) is 30.5 Å². The van der Waals surface area contributed by atoms with E-state index < -0.39 is 11.9 Å². The third kappa shape index (κ3) is 4.53. The van der Waals surface area contributed by atoms with Gasteiger partial charge in [-0.2, -0.15) is 0 Å². The highest BCUT2D eigenvalue weighted by Gasteiger charge is 2.36. The summed E-state index contributed by atoms with van der Waals surface area (Å²) in [6.07, 6.45) is 1.51. The molecule has 2 aromatic rings. The number of nitrogens with one attached hydrogen (secondary N) is 1. The molecule has 0 saturated carbocycles. The standard InChI is InChI=1S/C21H23N3O5/c1-4-29-21(27)14-7-8-22-18(10-14)23-20(26)15-11-19(25)24(12-15)16-9-13(2)5-6-17(16)28-3/h5-10,15H,4,11-12H2,1-3H3,(H,22,23,26). The zero-order valence-electron chi connectivity index (χ0n) is 16.6. The fourth-order valence-corrected chi connectivity index (χ4v) is 3.20. The van der Waals surface area contributed by atoms with Crippen LogP contribution in [-0.2, 0) is 14.3 Å². The third-order valence-corrected chi connectivity index (χ3v) is 4.64. The fourth-order valence-electron chi connectivity index (χ4n) is 3.20. The summed E-state index contributed by atoms with van der Waals surface area (Å²) in [6.45, 7) is 4.14. The van der Waals surface area contributed by atoms with Crippen molar-refractivity contribution >= 4 is 29.3 Å². The lowest BCUT2D eigenvalue weighted by atomic mass is 10.1. The van der Waals surface area contributed by atoms with Gasteiger partial charge in [-0.05, 0) is 43.7 Å². The van der Waals surface area contributed by atoms with Gasteiger partial charge in [-0.25, -0.2) is 9.78 Å². The van der Waals surface area contributed by atoms with Gasteiger partial charge in [-0.15, -0.1) is 0 Å². The summed E-state index contributed by atoms with van der Waals surface area (Å²) in [5.41, 5.74) is 1.93. The summed E-state index contributed by atoms with van der Waals surface area (Å²) in [5.74, 6) is -0.698. The van der Waals surface area contributed by atoms with Crippen molar-refractivity contribution in [3.63, 3.8) is 0 Å². The van der Waals surface area contributed by atoms with E-state index in [1.165, 1.54) is 18.3 Å². The Kier molecular flexibility index (Phi) is 6.11. The van der Waals surface area contributed by atoms with Crippen LogP contribution in [0.4, 0.5) is 11.5 Å². The van der Waals surface area contributed by atoms with Crippen LogP contribution in [0.1, 0.15) is 29.3 Å². The summed E-state index contributed by atoms with van der Waals surface area (Å²) in [6, 6.07) is 8.53. The summed E-state index contributed by atoms with van der Waals surface area (Å²) < 4.78 is 10.3. The van der Waals surface area contributed by atoms with Gasteiger partial charge in [0, 0.05) is 19.2 Å². The molecule has 29 heavy (non-hydrogen) atoms. The minimum Gasteiger partial charge on any atom is -0.495 e. The molecule has 3 rings (SSSR count). The summed E-state index contributed by atoms with van der Waals surface area (Å²) in [4.78, 5) is 42.7. The predicted molar refractivity (Wildman–Crippen MR) is 107 cm³/mol. The van der Waals surface area contributed by atoms with Crippen LogP contribution in [0.2, 0.25) is 0 Å². The summed E-state index contributed by atoms with van der Waals surface area (Å²) in [7, 11) is 1.54. The average Bonchev–Trinajstić information content (AvgIpc) is 3.10. The van der Waals surface area contributed by atoms with E-state index in [9.17, 15) is 14.4 Å². The van der Waals surface area contributed by atoms with Gasteiger partial charge < -0.3 is 19.7 Å². The van der Waals surface area contributed by atoms with Crippen LogP contribution in [0.25, 0.3) is 0 Å². The second-order valence-electron chi connectivity index (χ2n) is 6.72. The Morgan fingerprint density at radius 2 is 2.07 bits per heavy atom. The number of aryl methyl sites for hydroxylation is 1. The number of carbonyl (C=O) groups is 3. The number of benzene rings is 1. The molecular weight excluding hydrogens is 374 g/mol. The number of anilines is 2. The number of aromatic nitrogens is 1. The zero-order chi connectivity index (χ0) is 21.0. The molecule has 0 spiro atoms. The number of amides is 2. The molecule has 1 N–H and O–H groups in total. The Labute approximate surface area is 168 Å². The van der Waals surface area contributed by atoms with Gasteiger partial charge in [0.1, 0.15) is 11.6 Å². The van der Waals surface area contributed by atoms with E-state index >= 15 is 0 Å². The summed E-state index contributed by atoms with van der Waals surface area (Å²) >= 11 is 0. The van der Waals surface area contributed by atoms with Crippen molar-refractivity contribution in [2.24, 2.45) is 5.92 Å². The maximum absolute atomic E-state index is 12.7. The number of methoxy groups -OCH3 is 1. The second-order valence-corrected chi connectivity index (χ2v) is 6.72. The van der Waals surface area contributed by atoms with Crippen molar-refractivity contribution in [3.8, 4) is 5.75 Å². The van der Waals surface area contributed by atoms with E-state index in [0.29, 0.717) is 17.0 Å². The first-order valence-corrected chi connectivity index (χ1v) is 9.32. The lowest BCUT2D eigenvalue weighted by Gasteiger charge is -2.20. The average molecular weight is 397 g/mol. The number of carbonyl (C=O) groups excluding carboxylic acids is 3. The lowest BCUT2D eigenvalue weighted by molar-refractivity contribution is -0.122. The van der Waals surface area contributed by atoms with E-state index in [0.717, 1.165) is 5.56 Å². The SMILES string of the molecule is CCOC(=O)c1ccnc(NC(=O)C2CC(=O)N(c3cc(C)ccc3OC)C2)c1. The molecule has 1 aromatic carbocycles. The Bertz CT molecular complexity index is 944.